The van der Waals surface area contributed by atoms with E-state index in [4.69, 9.17) is 15.2 Å². The lowest BCUT2D eigenvalue weighted by Gasteiger charge is -2.14. The minimum atomic E-state index is -3.54. The molecule has 0 saturated carbocycles. The van der Waals surface area contributed by atoms with E-state index in [1.165, 1.54) is 4.31 Å². The highest BCUT2D eigenvalue weighted by Gasteiger charge is 2.40. The lowest BCUT2D eigenvalue weighted by Crippen LogP contribution is -2.30. The molecule has 1 aromatic rings. The van der Waals surface area contributed by atoms with Crippen LogP contribution in [0.2, 0.25) is 0 Å². The van der Waals surface area contributed by atoms with Gasteiger partial charge in [0.15, 0.2) is 0 Å². The summed E-state index contributed by atoms with van der Waals surface area (Å²) in [5.41, 5.74) is 6.35. The molecule has 0 amide bonds. The highest BCUT2D eigenvalue weighted by molar-refractivity contribution is 7.89. The molecule has 2 atom stereocenters. The van der Waals surface area contributed by atoms with Crippen LogP contribution in [0.5, 0.6) is 0 Å². The van der Waals surface area contributed by atoms with Crippen molar-refractivity contribution in [1.29, 1.82) is 0 Å². The second kappa shape index (κ2) is 5.82. The van der Waals surface area contributed by atoms with Gasteiger partial charge in [0.25, 0.3) is 0 Å². The lowest BCUT2D eigenvalue weighted by atomic mass is 10.3. The molecule has 2 rings (SSSR count). The van der Waals surface area contributed by atoms with Crippen molar-refractivity contribution in [3.8, 4) is 0 Å². The van der Waals surface area contributed by atoms with E-state index in [1.807, 2.05) is 0 Å². The van der Waals surface area contributed by atoms with Gasteiger partial charge in [-0.2, -0.15) is 4.31 Å². The van der Waals surface area contributed by atoms with Crippen LogP contribution in [0.1, 0.15) is 5.69 Å². The summed E-state index contributed by atoms with van der Waals surface area (Å²) in [5.74, 6) is 0. The van der Waals surface area contributed by atoms with E-state index in [0.717, 1.165) is 5.69 Å². The van der Waals surface area contributed by atoms with Crippen LogP contribution in [0.4, 0.5) is 0 Å². The maximum Gasteiger partial charge on any atom is 0.244 e. The molecular formula is C12H21N3O4S. The fourth-order valence-corrected chi connectivity index (χ4v) is 3.99. The quantitative estimate of drug-likeness (QED) is 0.794. The van der Waals surface area contributed by atoms with Gasteiger partial charge in [0.05, 0.1) is 12.2 Å². The number of sulfonamides is 1. The molecule has 1 aromatic heterocycles. The molecule has 7 nitrogen and oxygen atoms in total. The van der Waals surface area contributed by atoms with Crippen LogP contribution < -0.4 is 5.73 Å². The number of hydrogen-bond acceptors (Lipinski definition) is 5. The highest BCUT2D eigenvalue weighted by Crippen LogP contribution is 2.25. The van der Waals surface area contributed by atoms with Crippen LogP contribution in [-0.2, 0) is 33.1 Å². The largest absolute Gasteiger partial charge is 0.377 e. The molecule has 0 spiro atoms. The molecule has 2 unspecified atom stereocenters. The molecule has 114 valence electrons. The summed E-state index contributed by atoms with van der Waals surface area (Å²) in [4.78, 5) is 0.257. The Bertz CT molecular complexity index is 557. The Labute approximate surface area is 119 Å². The molecular weight excluding hydrogens is 282 g/mol. The topological polar surface area (TPSA) is 86.8 Å². The van der Waals surface area contributed by atoms with E-state index in [1.54, 1.807) is 38.1 Å². The number of aromatic nitrogens is 1. The van der Waals surface area contributed by atoms with E-state index >= 15 is 0 Å². The zero-order valence-corrected chi connectivity index (χ0v) is 12.8. The van der Waals surface area contributed by atoms with Gasteiger partial charge in [-0.1, -0.05) is 0 Å². The average Bonchev–Trinajstić information content (AvgIpc) is 3.01. The predicted octanol–water partition coefficient (Wildman–Crippen LogP) is -0.482. The fraction of sp³-hybridized carbons (Fsp3) is 0.667. The first-order chi connectivity index (χ1) is 9.43. The molecule has 0 bridgehead atoms. The third kappa shape index (κ3) is 2.61. The van der Waals surface area contributed by atoms with Crippen molar-refractivity contribution in [1.82, 2.24) is 8.87 Å². The minimum Gasteiger partial charge on any atom is -0.377 e. The van der Waals surface area contributed by atoms with E-state index in [0.29, 0.717) is 19.6 Å². The Morgan fingerprint density at radius 2 is 1.85 bits per heavy atom. The summed E-state index contributed by atoms with van der Waals surface area (Å²) in [6.45, 7) is 0.891. The van der Waals surface area contributed by atoms with Gasteiger partial charge in [-0.05, 0) is 6.07 Å². The van der Waals surface area contributed by atoms with Crippen molar-refractivity contribution >= 4 is 10.0 Å². The van der Waals surface area contributed by atoms with Gasteiger partial charge in [0.1, 0.15) is 4.90 Å². The summed E-state index contributed by atoms with van der Waals surface area (Å²) in [6, 6.07) is 1.61. The summed E-state index contributed by atoms with van der Waals surface area (Å²) in [6.07, 6.45) is 1.10. The van der Waals surface area contributed by atoms with Crippen molar-refractivity contribution in [3.63, 3.8) is 0 Å². The SMILES string of the molecule is COC1CN(S(=O)(=O)c2cc(CN)n(C)c2)CC1OC. The minimum absolute atomic E-state index is 0.243. The molecule has 1 saturated heterocycles. The van der Waals surface area contributed by atoms with E-state index in [-0.39, 0.29) is 17.1 Å². The van der Waals surface area contributed by atoms with Crippen LogP contribution in [0.25, 0.3) is 0 Å². The van der Waals surface area contributed by atoms with Crippen molar-refractivity contribution in [2.24, 2.45) is 12.8 Å². The zero-order chi connectivity index (χ0) is 14.9. The summed E-state index contributed by atoms with van der Waals surface area (Å²) >= 11 is 0. The molecule has 2 heterocycles. The Morgan fingerprint density at radius 3 is 2.25 bits per heavy atom. The third-order valence-electron chi connectivity index (χ3n) is 3.72. The van der Waals surface area contributed by atoms with Crippen molar-refractivity contribution < 1.29 is 17.9 Å². The Morgan fingerprint density at radius 1 is 1.30 bits per heavy atom. The van der Waals surface area contributed by atoms with Gasteiger partial charge >= 0.3 is 0 Å². The molecule has 1 aliphatic heterocycles. The molecule has 1 aliphatic rings. The first-order valence-corrected chi connectivity index (χ1v) is 7.79. The van der Waals surface area contributed by atoms with Crippen molar-refractivity contribution in [3.05, 3.63) is 18.0 Å². The molecule has 0 aliphatic carbocycles. The average molecular weight is 303 g/mol. The van der Waals surface area contributed by atoms with Crippen molar-refractivity contribution in [2.45, 2.75) is 23.6 Å². The molecule has 20 heavy (non-hydrogen) atoms. The second-order valence-corrected chi connectivity index (χ2v) is 6.79. The van der Waals surface area contributed by atoms with Gasteiger partial charge < -0.3 is 19.8 Å². The van der Waals surface area contributed by atoms with Gasteiger partial charge in [-0.25, -0.2) is 8.42 Å². The van der Waals surface area contributed by atoms with Crippen LogP contribution in [-0.4, -0.2) is 56.8 Å². The molecule has 8 heteroatoms. The Hall–Kier alpha value is -0.930. The second-order valence-electron chi connectivity index (χ2n) is 4.85. The normalized spacial score (nSPS) is 24.4. The van der Waals surface area contributed by atoms with Gasteiger partial charge in [-0.15, -0.1) is 0 Å². The molecule has 2 N–H and O–H groups in total. The van der Waals surface area contributed by atoms with Crippen LogP contribution >= 0.6 is 0 Å². The number of nitrogens with two attached hydrogens (primary N) is 1. The summed E-state index contributed by atoms with van der Waals surface area (Å²) in [5, 5.41) is 0. The first kappa shape index (κ1) is 15.5. The highest BCUT2D eigenvalue weighted by atomic mass is 32.2. The lowest BCUT2D eigenvalue weighted by molar-refractivity contribution is -0.00461. The van der Waals surface area contributed by atoms with Crippen LogP contribution in [0, 0.1) is 0 Å². The molecule has 0 aromatic carbocycles. The number of hydrogen-bond donors (Lipinski definition) is 1. The van der Waals surface area contributed by atoms with Gasteiger partial charge in [0.2, 0.25) is 10.0 Å². The Balaban J connectivity index is 2.27. The van der Waals surface area contributed by atoms with Crippen LogP contribution in [0.15, 0.2) is 17.2 Å². The zero-order valence-electron chi connectivity index (χ0n) is 11.9. The van der Waals surface area contributed by atoms with Gasteiger partial charge in [-0.3, -0.25) is 0 Å². The predicted molar refractivity (Wildman–Crippen MR) is 73.7 cm³/mol. The van der Waals surface area contributed by atoms with Crippen molar-refractivity contribution in [2.75, 3.05) is 27.3 Å². The number of methoxy groups -OCH3 is 2. The third-order valence-corrected chi connectivity index (χ3v) is 5.51. The number of rotatable bonds is 5. The van der Waals surface area contributed by atoms with E-state index < -0.39 is 10.0 Å². The summed E-state index contributed by atoms with van der Waals surface area (Å²) < 4.78 is 38.9. The molecule has 1 fully saturated rings. The first-order valence-electron chi connectivity index (χ1n) is 6.35. The van der Waals surface area contributed by atoms with Gasteiger partial charge in [0, 0.05) is 52.8 Å². The number of ether oxygens (including phenoxy) is 2. The monoisotopic (exact) mass is 303 g/mol. The standard InChI is InChI=1S/C12H21N3O4S/c1-14-6-10(4-9(14)5-13)20(16,17)15-7-11(18-2)12(8-15)19-3/h4,6,11-12H,5,7-8,13H2,1-3H3. The number of nitrogens with zero attached hydrogens (tertiary/aromatic N) is 2. The smallest absolute Gasteiger partial charge is 0.244 e. The van der Waals surface area contributed by atoms with E-state index in [9.17, 15) is 8.42 Å². The maximum absolute atomic E-state index is 12.6. The Kier molecular flexibility index (Phi) is 4.50. The van der Waals surface area contributed by atoms with E-state index in [2.05, 4.69) is 0 Å². The maximum atomic E-state index is 12.6. The molecule has 0 radical (unpaired) electrons. The summed E-state index contributed by atoms with van der Waals surface area (Å²) in [7, 11) is 1.35. The fourth-order valence-electron chi connectivity index (χ4n) is 2.43. The number of aryl methyl sites for hydroxylation is 1. The van der Waals surface area contributed by atoms with Crippen LogP contribution in [0.3, 0.4) is 0 Å².